The molecule has 134 valence electrons. The zero-order chi connectivity index (χ0) is 18.3. The van der Waals surface area contributed by atoms with E-state index in [1.807, 2.05) is 24.3 Å². The number of rotatable bonds is 7. The lowest BCUT2D eigenvalue weighted by molar-refractivity contribution is 0.240. The molecule has 0 atom stereocenters. The average molecular weight is 363 g/mol. The van der Waals surface area contributed by atoms with E-state index in [1.165, 1.54) is 12.1 Å². The smallest absolute Gasteiger partial charge is 0.315 e. The number of methoxy groups -OCH3 is 1. The van der Waals surface area contributed by atoms with Crippen LogP contribution in [0.3, 0.4) is 0 Å². The second-order valence-corrected chi connectivity index (χ2v) is 6.96. The van der Waals surface area contributed by atoms with Crippen molar-refractivity contribution in [2.45, 2.75) is 17.9 Å². The Morgan fingerprint density at radius 1 is 1.08 bits per heavy atom. The van der Waals surface area contributed by atoms with Crippen LogP contribution < -0.4 is 20.5 Å². The second-order valence-electron chi connectivity index (χ2n) is 5.40. The molecule has 0 aliphatic heterocycles. The number of hydrogen-bond acceptors (Lipinski definition) is 4. The van der Waals surface area contributed by atoms with Gasteiger partial charge in [-0.1, -0.05) is 24.3 Å². The van der Waals surface area contributed by atoms with Crippen molar-refractivity contribution in [1.29, 1.82) is 0 Å². The summed E-state index contributed by atoms with van der Waals surface area (Å²) in [4.78, 5) is 11.8. The zero-order valence-corrected chi connectivity index (χ0v) is 14.7. The highest BCUT2D eigenvalue weighted by molar-refractivity contribution is 7.89. The molecule has 25 heavy (non-hydrogen) atoms. The van der Waals surface area contributed by atoms with Gasteiger partial charge in [0, 0.05) is 13.1 Å². The maximum Gasteiger partial charge on any atom is 0.315 e. The third-order valence-corrected chi connectivity index (χ3v) is 4.47. The molecule has 0 saturated carbocycles. The van der Waals surface area contributed by atoms with Gasteiger partial charge in [0.15, 0.2) is 0 Å². The van der Waals surface area contributed by atoms with Gasteiger partial charge in [0.1, 0.15) is 5.75 Å². The Kier molecular flexibility index (Phi) is 6.37. The molecule has 2 rings (SSSR count). The van der Waals surface area contributed by atoms with Crippen LogP contribution in [0.15, 0.2) is 53.4 Å². The third kappa shape index (κ3) is 6.09. The summed E-state index contributed by atoms with van der Waals surface area (Å²) in [6.45, 7) is 0.777. The highest BCUT2D eigenvalue weighted by Gasteiger charge is 2.07. The van der Waals surface area contributed by atoms with Crippen LogP contribution in [0, 0.1) is 0 Å². The summed E-state index contributed by atoms with van der Waals surface area (Å²) in [7, 11) is -2.09. The number of carbonyl (C=O) groups is 1. The minimum absolute atomic E-state index is 0.0407. The highest BCUT2D eigenvalue weighted by Crippen LogP contribution is 2.12. The molecule has 7 nitrogen and oxygen atoms in total. The summed E-state index contributed by atoms with van der Waals surface area (Å²) in [6, 6.07) is 13.4. The summed E-state index contributed by atoms with van der Waals surface area (Å²) >= 11 is 0. The normalized spacial score (nSPS) is 11.0. The van der Waals surface area contributed by atoms with Crippen molar-refractivity contribution >= 4 is 16.1 Å². The average Bonchev–Trinajstić information content (AvgIpc) is 2.60. The number of hydrogen-bond donors (Lipinski definition) is 3. The largest absolute Gasteiger partial charge is 0.497 e. The molecule has 2 aromatic carbocycles. The minimum Gasteiger partial charge on any atom is -0.497 e. The Hall–Kier alpha value is -2.58. The lowest BCUT2D eigenvalue weighted by Gasteiger charge is -2.09. The van der Waals surface area contributed by atoms with Crippen LogP contribution in [0.25, 0.3) is 0 Å². The van der Waals surface area contributed by atoms with Crippen LogP contribution in [-0.4, -0.2) is 28.1 Å². The Morgan fingerprint density at radius 3 is 2.44 bits per heavy atom. The van der Waals surface area contributed by atoms with E-state index in [-0.39, 0.29) is 17.5 Å². The maximum absolute atomic E-state index is 11.8. The molecule has 0 bridgehead atoms. The second kappa shape index (κ2) is 8.50. The Balaban J connectivity index is 1.75. The molecule has 8 heteroatoms. The number of nitrogens with two attached hydrogens (primary N) is 1. The summed E-state index contributed by atoms with van der Waals surface area (Å²) in [5.41, 5.74) is 1.84. The first-order valence-corrected chi connectivity index (χ1v) is 9.19. The fourth-order valence-corrected chi connectivity index (χ4v) is 2.71. The molecule has 2 amide bonds. The summed E-state index contributed by atoms with van der Waals surface area (Å²) in [5, 5.41) is 10.5. The topological polar surface area (TPSA) is 111 Å². The van der Waals surface area contributed by atoms with E-state index in [4.69, 9.17) is 9.88 Å². The first-order chi connectivity index (χ1) is 11.9. The molecule has 0 aliphatic carbocycles. The van der Waals surface area contributed by atoms with Crippen molar-refractivity contribution in [3.63, 3.8) is 0 Å². The van der Waals surface area contributed by atoms with E-state index in [2.05, 4.69) is 10.6 Å². The third-order valence-electron chi connectivity index (χ3n) is 3.54. The molecule has 4 N–H and O–H groups in total. The molecule has 0 spiro atoms. The number of urea groups is 1. The van der Waals surface area contributed by atoms with Crippen molar-refractivity contribution in [3.05, 3.63) is 59.7 Å². The molecule has 0 fully saturated rings. The van der Waals surface area contributed by atoms with Crippen LogP contribution >= 0.6 is 0 Å². The van der Waals surface area contributed by atoms with Gasteiger partial charge in [-0.05, 0) is 41.8 Å². The molecular weight excluding hydrogens is 342 g/mol. The number of nitrogens with one attached hydrogen (secondary N) is 2. The maximum atomic E-state index is 11.8. The van der Waals surface area contributed by atoms with Gasteiger partial charge in [0.2, 0.25) is 10.0 Å². The van der Waals surface area contributed by atoms with Crippen molar-refractivity contribution in [2.75, 3.05) is 13.7 Å². The van der Waals surface area contributed by atoms with Gasteiger partial charge in [0.05, 0.1) is 12.0 Å². The lowest BCUT2D eigenvalue weighted by atomic mass is 10.1. The van der Waals surface area contributed by atoms with Crippen LogP contribution in [-0.2, 0) is 23.0 Å². The number of ether oxygens (including phenoxy) is 1. The quantitative estimate of drug-likeness (QED) is 0.690. The number of amides is 2. The number of carbonyl (C=O) groups excluding carboxylic acids is 1. The van der Waals surface area contributed by atoms with Crippen molar-refractivity contribution in [1.82, 2.24) is 10.6 Å². The molecule has 0 aliphatic rings. The fraction of sp³-hybridized carbons (Fsp3) is 0.235. The summed E-state index contributed by atoms with van der Waals surface area (Å²) in [5.74, 6) is 0.782. The van der Waals surface area contributed by atoms with Crippen molar-refractivity contribution < 1.29 is 17.9 Å². The first kappa shape index (κ1) is 18.8. The zero-order valence-electron chi connectivity index (χ0n) is 13.9. The predicted octanol–water partition coefficient (Wildman–Crippen LogP) is 1.38. The standard InChI is InChI=1S/C17H21N3O4S/c1-24-15-4-2-3-13(11-15)9-10-19-17(21)20-12-14-5-7-16(8-6-14)25(18,22)23/h2-8,11H,9-10,12H2,1H3,(H2,18,22,23)(H2,19,20,21). The first-order valence-electron chi connectivity index (χ1n) is 7.65. The van der Waals surface area contributed by atoms with Crippen LogP contribution in [0.1, 0.15) is 11.1 Å². The van der Waals surface area contributed by atoms with Gasteiger partial charge in [-0.15, -0.1) is 0 Å². The van der Waals surface area contributed by atoms with E-state index in [0.717, 1.165) is 16.9 Å². The summed E-state index contributed by atoms with van der Waals surface area (Å²) < 4.78 is 27.5. The summed E-state index contributed by atoms with van der Waals surface area (Å²) in [6.07, 6.45) is 0.688. The van der Waals surface area contributed by atoms with Crippen molar-refractivity contribution in [3.8, 4) is 5.75 Å². The lowest BCUT2D eigenvalue weighted by Crippen LogP contribution is -2.36. The number of sulfonamides is 1. The van der Waals surface area contributed by atoms with Gasteiger partial charge in [-0.25, -0.2) is 18.4 Å². The number of benzene rings is 2. The highest BCUT2D eigenvalue weighted by atomic mass is 32.2. The molecule has 0 unspecified atom stereocenters. The van der Waals surface area contributed by atoms with E-state index in [0.29, 0.717) is 13.0 Å². The van der Waals surface area contributed by atoms with Gasteiger partial charge < -0.3 is 15.4 Å². The van der Waals surface area contributed by atoms with E-state index >= 15 is 0 Å². The van der Waals surface area contributed by atoms with Gasteiger partial charge >= 0.3 is 6.03 Å². The van der Waals surface area contributed by atoms with Crippen LogP contribution in [0.5, 0.6) is 5.75 Å². The molecule has 0 saturated heterocycles. The molecule has 0 radical (unpaired) electrons. The Labute approximate surface area is 147 Å². The van der Waals surface area contributed by atoms with Crippen LogP contribution in [0.2, 0.25) is 0 Å². The van der Waals surface area contributed by atoms with Crippen LogP contribution in [0.4, 0.5) is 4.79 Å². The molecule has 0 heterocycles. The van der Waals surface area contributed by atoms with Gasteiger partial charge in [-0.3, -0.25) is 0 Å². The SMILES string of the molecule is COc1cccc(CCNC(=O)NCc2ccc(S(N)(=O)=O)cc2)c1. The van der Waals surface area contributed by atoms with E-state index < -0.39 is 10.0 Å². The van der Waals surface area contributed by atoms with Gasteiger partial charge in [0.25, 0.3) is 0 Å². The minimum atomic E-state index is -3.70. The Bertz CT molecular complexity index is 820. The van der Waals surface area contributed by atoms with Crippen molar-refractivity contribution in [2.24, 2.45) is 5.14 Å². The fourth-order valence-electron chi connectivity index (χ4n) is 2.19. The van der Waals surface area contributed by atoms with E-state index in [9.17, 15) is 13.2 Å². The number of primary sulfonamides is 1. The van der Waals surface area contributed by atoms with Gasteiger partial charge in [-0.2, -0.15) is 0 Å². The molecular formula is C17H21N3O4S. The van der Waals surface area contributed by atoms with E-state index in [1.54, 1.807) is 19.2 Å². The molecule has 2 aromatic rings. The Morgan fingerprint density at radius 2 is 1.80 bits per heavy atom. The predicted molar refractivity (Wildman–Crippen MR) is 94.8 cm³/mol. The molecule has 0 aromatic heterocycles. The monoisotopic (exact) mass is 363 g/mol.